The minimum absolute atomic E-state index is 0.487. The van der Waals surface area contributed by atoms with Crippen LogP contribution in [0, 0.1) is 6.92 Å². The molecule has 1 aromatic carbocycles. The summed E-state index contributed by atoms with van der Waals surface area (Å²) >= 11 is 0. The SMILES string of the molecule is CCOc1cc(C)ccc1CNC(=NC)NCC(C)N1CCN(CC)CC1. The van der Waals surface area contributed by atoms with Gasteiger partial charge >= 0.3 is 0 Å². The molecule has 1 aromatic rings. The first kappa shape index (κ1) is 21.5. The summed E-state index contributed by atoms with van der Waals surface area (Å²) in [5.41, 5.74) is 2.36. The van der Waals surface area contributed by atoms with Crippen molar-refractivity contribution in [2.24, 2.45) is 4.99 Å². The van der Waals surface area contributed by atoms with Gasteiger partial charge in [0.1, 0.15) is 5.75 Å². The van der Waals surface area contributed by atoms with Crippen LogP contribution in [0.25, 0.3) is 0 Å². The molecule has 1 unspecified atom stereocenters. The molecular formula is C21H37N5O. The van der Waals surface area contributed by atoms with E-state index < -0.39 is 0 Å². The number of likely N-dealkylation sites (N-methyl/N-ethyl adjacent to an activating group) is 1. The first-order valence-electron chi connectivity index (χ1n) is 10.2. The molecule has 2 N–H and O–H groups in total. The number of hydrogen-bond acceptors (Lipinski definition) is 4. The quantitative estimate of drug-likeness (QED) is 0.538. The molecule has 1 atom stereocenters. The largest absolute Gasteiger partial charge is 0.494 e. The van der Waals surface area contributed by atoms with Crippen molar-refractivity contribution >= 4 is 5.96 Å². The van der Waals surface area contributed by atoms with Gasteiger partial charge in [0.25, 0.3) is 0 Å². The topological polar surface area (TPSA) is 52.1 Å². The Bertz CT molecular complexity index is 596. The number of hydrogen-bond donors (Lipinski definition) is 2. The van der Waals surface area contributed by atoms with Crippen LogP contribution >= 0.6 is 0 Å². The van der Waals surface area contributed by atoms with Crippen molar-refractivity contribution in [1.82, 2.24) is 20.4 Å². The fraction of sp³-hybridized carbons (Fsp3) is 0.667. The van der Waals surface area contributed by atoms with Gasteiger partial charge in [0, 0.05) is 57.9 Å². The van der Waals surface area contributed by atoms with Crippen molar-refractivity contribution in [2.45, 2.75) is 40.3 Å². The molecule has 0 amide bonds. The van der Waals surface area contributed by atoms with Crippen molar-refractivity contribution < 1.29 is 4.74 Å². The number of nitrogens with zero attached hydrogens (tertiary/aromatic N) is 3. The summed E-state index contributed by atoms with van der Waals surface area (Å²) in [6, 6.07) is 6.82. The number of rotatable bonds is 8. The van der Waals surface area contributed by atoms with E-state index in [4.69, 9.17) is 4.74 Å². The van der Waals surface area contributed by atoms with Crippen molar-refractivity contribution in [1.29, 1.82) is 0 Å². The Balaban J connectivity index is 1.81. The summed E-state index contributed by atoms with van der Waals surface area (Å²) in [6.07, 6.45) is 0. The maximum atomic E-state index is 5.77. The lowest BCUT2D eigenvalue weighted by Crippen LogP contribution is -2.53. The van der Waals surface area contributed by atoms with E-state index in [9.17, 15) is 0 Å². The molecule has 0 aromatic heterocycles. The van der Waals surface area contributed by atoms with E-state index in [1.165, 1.54) is 18.7 Å². The van der Waals surface area contributed by atoms with Gasteiger partial charge in [-0.3, -0.25) is 9.89 Å². The highest BCUT2D eigenvalue weighted by Gasteiger charge is 2.20. The molecule has 0 saturated carbocycles. The zero-order valence-electron chi connectivity index (χ0n) is 17.7. The third kappa shape index (κ3) is 6.70. The van der Waals surface area contributed by atoms with Crippen LogP contribution in [0.15, 0.2) is 23.2 Å². The first-order chi connectivity index (χ1) is 13.1. The summed E-state index contributed by atoms with van der Waals surface area (Å²) in [4.78, 5) is 9.43. The Kier molecular flexibility index (Phi) is 8.88. The van der Waals surface area contributed by atoms with Gasteiger partial charge in [-0.25, -0.2) is 0 Å². The molecule has 2 rings (SSSR count). The van der Waals surface area contributed by atoms with Gasteiger partial charge in [-0.1, -0.05) is 19.1 Å². The van der Waals surface area contributed by atoms with E-state index in [0.29, 0.717) is 19.2 Å². The van der Waals surface area contributed by atoms with Crippen LogP contribution in [0.2, 0.25) is 0 Å². The van der Waals surface area contributed by atoms with Crippen LogP contribution in [0.4, 0.5) is 0 Å². The van der Waals surface area contributed by atoms with E-state index in [2.05, 4.69) is 64.4 Å². The first-order valence-corrected chi connectivity index (χ1v) is 10.2. The Morgan fingerprint density at radius 1 is 1.19 bits per heavy atom. The Morgan fingerprint density at radius 2 is 1.93 bits per heavy atom. The molecule has 27 heavy (non-hydrogen) atoms. The molecule has 1 aliphatic heterocycles. The van der Waals surface area contributed by atoms with Gasteiger partial charge in [-0.05, 0) is 38.9 Å². The molecule has 1 heterocycles. The van der Waals surface area contributed by atoms with E-state index in [1.54, 1.807) is 0 Å². The highest BCUT2D eigenvalue weighted by Crippen LogP contribution is 2.20. The third-order valence-corrected chi connectivity index (χ3v) is 5.23. The van der Waals surface area contributed by atoms with E-state index >= 15 is 0 Å². The summed E-state index contributed by atoms with van der Waals surface area (Å²) in [7, 11) is 1.82. The van der Waals surface area contributed by atoms with Gasteiger partial charge in [-0.2, -0.15) is 0 Å². The molecule has 0 spiro atoms. The molecule has 1 aliphatic rings. The summed E-state index contributed by atoms with van der Waals surface area (Å²) in [5, 5.41) is 6.88. The summed E-state index contributed by atoms with van der Waals surface area (Å²) in [6.45, 7) is 16.7. The maximum Gasteiger partial charge on any atom is 0.191 e. The Labute approximate surface area is 165 Å². The highest BCUT2D eigenvalue weighted by atomic mass is 16.5. The monoisotopic (exact) mass is 375 g/mol. The third-order valence-electron chi connectivity index (χ3n) is 5.23. The summed E-state index contributed by atoms with van der Waals surface area (Å²) in [5.74, 6) is 1.78. The molecule has 0 bridgehead atoms. The fourth-order valence-corrected chi connectivity index (χ4v) is 3.39. The van der Waals surface area contributed by atoms with Crippen molar-refractivity contribution in [2.75, 3.05) is 52.9 Å². The lowest BCUT2D eigenvalue weighted by Gasteiger charge is -2.37. The van der Waals surface area contributed by atoms with E-state index in [-0.39, 0.29) is 0 Å². The lowest BCUT2D eigenvalue weighted by molar-refractivity contribution is 0.107. The number of guanidine groups is 1. The summed E-state index contributed by atoms with van der Waals surface area (Å²) < 4.78 is 5.77. The highest BCUT2D eigenvalue weighted by molar-refractivity contribution is 5.79. The van der Waals surface area contributed by atoms with Crippen molar-refractivity contribution in [3.8, 4) is 5.75 Å². The average Bonchev–Trinajstić information content (AvgIpc) is 2.69. The average molecular weight is 376 g/mol. The predicted molar refractivity (Wildman–Crippen MR) is 114 cm³/mol. The van der Waals surface area contributed by atoms with Gasteiger partial charge < -0.3 is 20.3 Å². The van der Waals surface area contributed by atoms with Crippen LogP contribution in [-0.2, 0) is 6.54 Å². The standard InChI is InChI=1S/C21H37N5O/c1-6-25-10-12-26(13-11-25)18(4)15-23-21(22-5)24-16-19-9-8-17(3)14-20(19)27-7-2/h8-9,14,18H,6-7,10-13,15-16H2,1-5H3,(H2,22,23,24). The number of benzene rings is 1. The van der Waals surface area contributed by atoms with Gasteiger partial charge in [0.2, 0.25) is 0 Å². The molecule has 152 valence electrons. The molecule has 1 fully saturated rings. The Hall–Kier alpha value is -1.79. The molecule has 6 heteroatoms. The normalized spacial score (nSPS) is 17.6. The van der Waals surface area contributed by atoms with Crippen LogP contribution in [0.5, 0.6) is 5.75 Å². The van der Waals surface area contributed by atoms with Crippen LogP contribution < -0.4 is 15.4 Å². The van der Waals surface area contributed by atoms with Gasteiger partial charge in [-0.15, -0.1) is 0 Å². The molecule has 6 nitrogen and oxygen atoms in total. The lowest BCUT2D eigenvalue weighted by atomic mass is 10.1. The van der Waals surface area contributed by atoms with Gasteiger partial charge in [0.05, 0.1) is 6.61 Å². The molecule has 0 aliphatic carbocycles. The van der Waals surface area contributed by atoms with Crippen LogP contribution in [-0.4, -0.2) is 74.7 Å². The number of aryl methyl sites for hydroxylation is 1. The minimum atomic E-state index is 0.487. The van der Waals surface area contributed by atoms with Crippen molar-refractivity contribution in [3.05, 3.63) is 29.3 Å². The van der Waals surface area contributed by atoms with E-state index in [0.717, 1.165) is 43.5 Å². The molecular weight excluding hydrogens is 338 g/mol. The van der Waals surface area contributed by atoms with E-state index in [1.807, 2.05) is 14.0 Å². The second-order valence-corrected chi connectivity index (χ2v) is 7.17. The second kappa shape index (κ2) is 11.1. The Morgan fingerprint density at radius 3 is 2.56 bits per heavy atom. The predicted octanol–water partition coefficient (Wildman–Crippen LogP) is 2.08. The number of piperazine rings is 1. The zero-order chi connectivity index (χ0) is 19.6. The number of aliphatic imine (C=N–C) groups is 1. The zero-order valence-corrected chi connectivity index (χ0v) is 17.7. The smallest absolute Gasteiger partial charge is 0.191 e. The second-order valence-electron chi connectivity index (χ2n) is 7.17. The van der Waals surface area contributed by atoms with Crippen LogP contribution in [0.3, 0.4) is 0 Å². The van der Waals surface area contributed by atoms with Crippen LogP contribution in [0.1, 0.15) is 31.9 Å². The maximum absolute atomic E-state index is 5.77. The number of ether oxygens (including phenoxy) is 1. The number of nitrogens with one attached hydrogen (secondary N) is 2. The van der Waals surface area contributed by atoms with Crippen molar-refractivity contribution in [3.63, 3.8) is 0 Å². The minimum Gasteiger partial charge on any atom is -0.494 e. The van der Waals surface area contributed by atoms with Gasteiger partial charge in [0.15, 0.2) is 5.96 Å². The fourth-order valence-electron chi connectivity index (χ4n) is 3.39. The molecule has 0 radical (unpaired) electrons. The molecule has 1 saturated heterocycles.